The van der Waals surface area contributed by atoms with Gasteiger partial charge in [-0.3, -0.25) is 5.10 Å². The highest BCUT2D eigenvalue weighted by atomic mass is 16.5. The van der Waals surface area contributed by atoms with Crippen molar-refractivity contribution in [3.05, 3.63) is 42.1 Å². The van der Waals surface area contributed by atoms with Gasteiger partial charge in [0.25, 0.3) is 0 Å². The first-order valence-corrected chi connectivity index (χ1v) is 6.46. The third kappa shape index (κ3) is 3.66. The topological polar surface area (TPSA) is 49.9 Å². The number of nitrogens with one attached hydrogen (secondary N) is 2. The largest absolute Gasteiger partial charge is 0.377 e. The number of nitrogens with zero attached hydrogens (tertiary/aromatic N) is 1. The molecule has 4 heteroatoms. The average Bonchev–Trinajstić information content (AvgIpc) is 2.88. The molecule has 0 atom stereocenters. The number of hydrogen-bond donors (Lipinski definition) is 2. The normalized spacial score (nSPS) is 11.7. The zero-order chi connectivity index (χ0) is 13.7. The summed E-state index contributed by atoms with van der Waals surface area (Å²) in [6.07, 6.45) is 1.87. The van der Waals surface area contributed by atoms with Gasteiger partial charge in [0.15, 0.2) is 0 Å². The quantitative estimate of drug-likeness (QED) is 0.838. The third-order valence-electron chi connectivity index (χ3n) is 3.20. The maximum Gasteiger partial charge on any atom is 0.0746 e. The maximum atomic E-state index is 5.39. The molecular formula is C15H21N3O. The molecule has 0 fully saturated rings. The van der Waals surface area contributed by atoms with E-state index < -0.39 is 0 Å². The summed E-state index contributed by atoms with van der Waals surface area (Å²) in [5.41, 5.74) is 3.24. The van der Waals surface area contributed by atoms with Gasteiger partial charge < -0.3 is 10.1 Å². The van der Waals surface area contributed by atoms with Gasteiger partial charge >= 0.3 is 0 Å². The lowest BCUT2D eigenvalue weighted by Crippen LogP contribution is -2.36. The summed E-state index contributed by atoms with van der Waals surface area (Å²) >= 11 is 0. The summed E-state index contributed by atoms with van der Waals surface area (Å²) in [6, 6.07) is 10.2. The molecule has 0 amide bonds. The summed E-state index contributed by atoms with van der Waals surface area (Å²) in [4.78, 5) is 0. The third-order valence-corrected chi connectivity index (χ3v) is 3.20. The van der Waals surface area contributed by atoms with Crippen molar-refractivity contribution < 1.29 is 4.74 Å². The molecule has 1 aromatic heterocycles. The molecule has 0 bridgehead atoms. The molecule has 1 heterocycles. The first-order chi connectivity index (χ1) is 9.12. The SMILES string of the molecule is COC(C)(C)CNCc1cn[nH]c1-c1ccccc1. The van der Waals surface area contributed by atoms with E-state index in [1.54, 1.807) is 7.11 Å². The van der Waals surface area contributed by atoms with Gasteiger partial charge in [0.05, 0.1) is 17.5 Å². The Hall–Kier alpha value is -1.65. The summed E-state index contributed by atoms with van der Waals surface area (Å²) < 4.78 is 5.39. The fourth-order valence-electron chi connectivity index (χ4n) is 1.87. The predicted octanol–water partition coefficient (Wildman–Crippen LogP) is 2.59. The van der Waals surface area contributed by atoms with Gasteiger partial charge in [0, 0.05) is 25.8 Å². The number of methoxy groups -OCH3 is 1. The number of H-pyrrole nitrogens is 1. The van der Waals surface area contributed by atoms with Crippen molar-refractivity contribution in [2.45, 2.75) is 26.0 Å². The van der Waals surface area contributed by atoms with Gasteiger partial charge in [-0.15, -0.1) is 0 Å². The van der Waals surface area contributed by atoms with Crippen LogP contribution in [-0.4, -0.2) is 29.5 Å². The van der Waals surface area contributed by atoms with Crippen LogP contribution in [0.2, 0.25) is 0 Å². The van der Waals surface area contributed by atoms with E-state index in [0.717, 1.165) is 29.9 Å². The van der Waals surface area contributed by atoms with E-state index >= 15 is 0 Å². The molecule has 0 aliphatic heterocycles. The molecular weight excluding hydrogens is 238 g/mol. The number of aromatic nitrogens is 2. The van der Waals surface area contributed by atoms with Crippen molar-refractivity contribution >= 4 is 0 Å². The molecule has 102 valence electrons. The Kier molecular flexibility index (Phi) is 4.35. The minimum Gasteiger partial charge on any atom is -0.377 e. The van der Waals surface area contributed by atoms with Crippen LogP contribution < -0.4 is 5.32 Å². The second kappa shape index (κ2) is 5.99. The molecule has 4 nitrogen and oxygen atoms in total. The number of aromatic amines is 1. The molecule has 1 aromatic carbocycles. The Bertz CT molecular complexity index is 505. The fourth-order valence-corrected chi connectivity index (χ4v) is 1.87. The Morgan fingerprint density at radius 1 is 1.26 bits per heavy atom. The standard InChI is InChI=1S/C15H21N3O/c1-15(2,19-3)11-16-9-13-10-17-18-14(13)12-7-5-4-6-8-12/h4-8,10,16H,9,11H2,1-3H3,(H,17,18). The van der Waals surface area contributed by atoms with E-state index in [9.17, 15) is 0 Å². The lowest BCUT2D eigenvalue weighted by Gasteiger charge is -2.23. The highest BCUT2D eigenvalue weighted by Gasteiger charge is 2.16. The van der Waals surface area contributed by atoms with Crippen LogP contribution in [0.3, 0.4) is 0 Å². The van der Waals surface area contributed by atoms with Crippen LogP contribution in [0.15, 0.2) is 36.5 Å². The van der Waals surface area contributed by atoms with Crippen LogP contribution in [0.25, 0.3) is 11.3 Å². The summed E-state index contributed by atoms with van der Waals surface area (Å²) in [6.45, 7) is 5.69. The van der Waals surface area contributed by atoms with Gasteiger partial charge in [0.2, 0.25) is 0 Å². The van der Waals surface area contributed by atoms with Crippen LogP contribution in [0, 0.1) is 0 Å². The minimum absolute atomic E-state index is 0.156. The fraction of sp³-hybridized carbons (Fsp3) is 0.400. The van der Waals surface area contributed by atoms with Crippen molar-refractivity contribution in [3.8, 4) is 11.3 Å². The van der Waals surface area contributed by atoms with Crippen molar-refractivity contribution in [2.24, 2.45) is 0 Å². The van der Waals surface area contributed by atoms with Crippen LogP contribution in [-0.2, 0) is 11.3 Å². The van der Waals surface area contributed by atoms with Gasteiger partial charge in [-0.1, -0.05) is 30.3 Å². The Morgan fingerprint density at radius 2 is 2.00 bits per heavy atom. The zero-order valence-electron chi connectivity index (χ0n) is 11.7. The molecule has 19 heavy (non-hydrogen) atoms. The molecule has 0 unspecified atom stereocenters. The summed E-state index contributed by atoms with van der Waals surface area (Å²) in [5.74, 6) is 0. The highest BCUT2D eigenvalue weighted by molar-refractivity contribution is 5.62. The number of hydrogen-bond acceptors (Lipinski definition) is 3. The highest BCUT2D eigenvalue weighted by Crippen LogP contribution is 2.20. The van der Waals surface area contributed by atoms with Crippen LogP contribution in [0.1, 0.15) is 19.4 Å². The molecule has 0 aliphatic carbocycles. The number of ether oxygens (including phenoxy) is 1. The molecule has 0 saturated heterocycles. The second-order valence-electron chi connectivity index (χ2n) is 5.20. The first-order valence-electron chi connectivity index (χ1n) is 6.46. The predicted molar refractivity (Wildman–Crippen MR) is 76.8 cm³/mol. The van der Waals surface area contributed by atoms with E-state index in [4.69, 9.17) is 4.74 Å². The Morgan fingerprint density at radius 3 is 2.68 bits per heavy atom. The average molecular weight is 259 g/mol. The zero-order valence-corrected chi connectivity index (χ0v) is 11.7. The van der Waals surface area contributed by atoms with E-state index in [1.807, 2.05) is 24.4 Å². The second-order valence-corrected chi connectivity index (χ2v) is 5.20. The van der Waals surface area contributed by atoms with Crippen LogP contribution in [0.4, 0.5) is 0 Å². The lowest BCUT2D eigenvalue weighted by molar-refractivity contribution is 0.0231. The number of rotatable bonds is 6. The monoisotopic (exact) mass is 259 g/mol. The molecule has 0 saturated carbocycles. The van der Waals surface area contributed by atoms with Crippen molar-refractivity contribution in [1.82, 2.24) is 15.5 Å². The smallest absolute Gasteiger partial charge is 0.0746 e. The molecule has 0 radical (unpaired) electrons. The minimum atomic E-state index is -0.156. The van der Waals surface area contributed by atoms with Gasteiger partial charge in [-0.05, 0) is 19.4 Å². The number of benzene rings is 1. The molecule has 2 aromatic rings. The van der Waals surface area contributed by atoms with Crippen LogP contribution in [0.5, 0.6) is 0 Å². The van der Waals surface area contributed by atoms with Crippen molar-refractivity contribution in [1.29, 1.82) is 0 Å². The Labute approximate surface area is 114 Å². The van der Waals surface area contributed by atoms with Crippen molar-refractivity contribution in [2.75, 3.05) is 13.7 Å². The van der Waals surface area contributed by atoms with Crippen molar-refractivity contribution in [3.63, 3.8) is 0 Å². The molecule has 0 spiro atoms. The van der Waals surface area contributed by atoms with E-state index in [1.165, 1.54) is 0 Å². The van der Waals surface area contributed by atoms with E-state index in [2.05, 4.69) is 41.5 Å². The van der Waals surface area contributed by atoms with Crippen LogP contribution >= 0.6 is 0 Å². The lowest BCUT2D eigenvalue weighted by atomic mass is 10.1. The Balaban J connectivity index is 2.01. The summed E-state index contributed by atoms with van der Waals surface area (Å²) in [7, 11) is 1.73. The van der Waals surface area contributed by atoms with E-state index in [-0.39, 0.29) is 5.60 Å². The van der Waals surface area contributed by atoms with E-state index in [0.29, 0.717) is 0 Å². The maximum absolute atomic E-state index is 5.39. The molecule has 2 rings (SSSR count). The molecule has 0 aliphatic rings. The summed E-state index contributed by atoms with van der Waals surface area (Å²) in [5, 5.41) is 10.6. The van der Waals surface area contributed by atoms with Gasteiger partial charge in [-0.25, -0.2) is 0 Å². The first kappa shape index (κ1) is 13.8. The van der Waals surface area contributed by atoms with Gasteiger partial charge in [0.1, 0.15) is 0 Å². The molecule has 2 N–H and O–H groups in total. The van der Waals surface area contributed by atoms with Gasteiger partial charge in [-0.2, -0.15) is 5.10 Å².